The van der Waals surface area contributed by atoms with Crippen LogP contribution in [0.2, 0.25) is 0 Å². The van der Waals surface area contributed by atoms with Gasteiger partial charge in [0.15, 0.2) is 0 Å². The van der Waals surface area contributed by atoms with E-state index in [1.54, 1.807) is 6.08 Å². The molecule has 0 fully saturated rings. The van der Waals surface area contributed by atoms with Crippen molar-refractivity contribution in [3.05, 3.63) is 66.8 Å². The van der Waals surface area contributed by atoms with Gasteiger partial charge in [-0.05, 0) is 23.1 Å². The zero-order valence-electron chi connectivity index (χ0n) is 12.7. The fraction of sp³-hybridized carbons (Fsp3) is 0.333. The van der Waals surface area contributed by atoms with Crippen LogP contribution in [-0.4, -0.2) is 0 Å². The van der Waals surface area contributed by atoms with E-state index in [1.165, 1.54) is 11.1 Å². The molecule has 1 aromatic carbocycles. The van der Waals surface area contributed by atoms with Gasteiger partial charge in [-0.3, -0.25) is 0 Å². The minimum atomic E-state index is 1.08. The molecule has 0 saturated heterocycles. The summed E-state index contributed by atoms with van der Waals surface area (Å²) in [6.07, 6.45) is 6.68. The van der Waals surface area contributed by atoms with Gasteiger partial charge in [-0.25, -0.2) is 0 Å². The van der Waals surface area contributed by atoms with Crippen LogP contribution in [0.1, 0.15) is 45.7 Å². The standard InChI is InChI=1S/C14H16.2C2H6/c1-4-7-13(6-3)14-10-8-12(5-2)9-11-14;2*1-2/h4,6-11H,1,3,5H2,2H3;2*1-2H3/b13-7+;;. The van der Waals surface area contributed by atoms with Crippen LogP contribution in [0.4, 0.5) is 0 Å². The fourth-order valence-electron chi connectivity index (χ4n) is 1.34. The molecule has 1 rings (SSSR count). The highest BCUT2D eigenvalue weighted by atomic mass is 14.0. The van der Waals surface area contributed by atoms with E-state index in [1.807, 2.05) is 39.8 Å². The van der Waals surface area contributed by atoms with Crippen molar-refractivity contribution >= 4 is 5.57 Å². The second kappa shape index (κ2) is 13.5. The van der Waals surface area contributed by atoms with Gasteiger partial charge >= 0.3 is 0 Å². The van der Waals surface area contributed by atoms with E-state index in [0.29, 0.717) is 0 Å². The topological polar surface area (TPSA) is 0 Å². The van der Waals surface area contributed by atoms with Gasteiger partial charge in [-0.2, -0.15) is 0 Å². The molecule has 0 spiro atoms. The number of rotatable bonds is 4. The predicted octanol–water partition coefficient (Wildman–Crippen LogP) is 6.06. The van der Waals surface area contributed by atoms with Crippen LogP contribution in [0.3, 0.4) is 0 Å². The molecular formula is C18H28. The Morgan fingerprint density at radius 3 is 1.83 bits per heavy atom. The van der Waals surface area contributed by atoms with Gasteiger partial charge < -0.3 is 0 Å². The highest BCUT2D eigenvalue weighted by Gasteiger charge is 1.95. The molecule has 0 aliphatic rings. The van der Waals surface area contributed by atoms with Crippen LogP contribution in [0.25, 0.3) is 5.57 Å². The average Bonchev–Trinajstić information content (AvgIpc) is 2.49. The second-order valence-corrected chi connectivity index (χ2v) is 3.11. The third-order valence-corrected chi connectivity index (χ3v) is 2.21. The Morgan fingerprint density at radius 1 is 1.00 bits per heavy atom. The Hall–Kier alpha value is -1.56. The summed E-state index contributed by atoms with van der Waals surface area (Å²) >= 11 is 0. The maximum absolute atomic E-state index is 3.78. The van der Waals surface area contributed by atoms with Gasteiger partial charge in [0.05, 0.1) is 0 Å². The van der Waals surface area contributed by atoms with Gasteiger partial charge in [0.2, 0.25) is 0 Å². The van der Waals surface area contributed by atoms with Crippen molar-refractivity contribution in [3.8, 4) is 0 Å². The third kappa shape index (κ3) is 6.90. The van der Waals surface area contributed by atoms with Gasteiger partial charge in [0.25, 0.3) is 0 Å². The Morgan fingerprint density at radius 2 is 1.50 bits per heavy atom. The van der Waals surface area contributed by atoms with E-state index >= 15 is 0 Å². The Labute approximate surface area is 114 Å². The number of hydrogen-bond acceptors (Lipinski definition) is 0. The van der Waals surface area contributed by atoms with Gasteiger partial charge in [0, 0.05) is 0 Å². The van der Waals surface area contributed by atoms with E-state index in [-0.39, 0.29) is 0 Å². The van der Waals surface area contributed by atoms with E-state index < -0.39 is 0 Å². The molecule has 0 atom stereocenters. The number of benzene rings is 1. The molecule has 18 heavy (non-hydrogen) atoms. The maximum Gasteiger partial charge on any atom is -0.0184 e. The fourth-order valence-corrected chi connectivity index (χ4v) is 1.34. The minimum absolute atomic E-state index is 1.08. The lowest BCUT2D eigenvalue weighted by Crippen LogP contribution is -1.83. The molecule has 0 aromatic heterocycles. The maximum atomic E-state index is 3.78. The first-order chi connectivity index (χ1) is 8.81. The smallest absolute Gasteiger partial charge is 0.0184 e. The molecule has 0 aliphatic heterocycles. The number of aryl methyl sites for hydroxylation is 1. The lowest BCUT2D eigenvalue weighted by atomic mass is 10.0. The summed E-state index contributed by atoms with van der Waals surface area (Å²) in [4.78, 5) is 0. The van der Waals surface area contributed by atoms with Crippen molar-refractivity contribution < 1.29 is 0 Å². The Kier molecular flexibility index (Phi) is 14.1. The molecule has 0 heterocycles. The normalized spacial score (nSPS) is 9.28. The average molecular weight is 244 g/mol. The molecule has 0 nitrogen and oxygen atoms in total. The van der Waals surface area contributed by atoms with Crippen LogP contribution < -0.4 is 0 Å². The largest absolute Gasteiger partial charge is 0.0990 e. The van der Waals surface area contributed by atoms with Gasteiger partial charge in [-0.15, -0.1) is 0 Å². The minimum Gasteiger partial charge on any atom is -0.0990 e. The van der Waals surface area contributed by atoms with Crippen molar-refractivity contribution in [1.82, 2.24) is 0 Å². The summed E-state index contributed by atoms with van der Waals surface area (Å²) in [6.45, 7) is 17.6. The first-order valence-electron chi connectivity index (χ1n) is 6.86. The molecule has 0 bridgehead atoms. The van der Waals surface area contributed by atoms with Crippen molar-refractivity contribution in [2.75, 3.05) is 0 Å². The Balaban J connectivity index is 0. The molecule has 1 aromatic rings. The van der Waals surface area contributed by atoms with Crippen LogP contribution in [-0.2, 0) is 6.42 Å². The Bertz CT molecular complexity index is 339. The SMILES string of the molecule is C=C/C=C(\C=C)c1ccc(CC)cc1.CC.CC. The lowest BCUT2D eigenvalue weighted by Gasteiger charge is -2.02. The highest BCUT2D eigenvalue weighted by molar-refractivity contribution is 5.74. The van der Waals surface area contributed by atoms with Crippen LogP contribution in [0, 0.1) is 0 Å². The molecular weight excluding hydrogens is 216 g/mol. The summed E-state index contributed by atoms with van der Waals surface area (Å²) < 4.78 is 0. The van der Waals surface area contributed by atoms with Crippen molar-refractivity contribution in [2.24, 2.45) is 0 Å². The van der Waals surface area contributed by atoms with Gasteiger partial charge in [0.1, 0.15) is 0 Å². The molecule has 0 heteroatoms. The second-order valence-electron chi connectivity index (χ2n) is 3.11. The number of hydrogen-bond donors (Lipinski definition) is 0. The van der Waals surface area contributed by atoms with Crippen LogP contribution in [0.5, 0.6) is 0 Å². The molecule has 0 radical (unpaired) electrons. The zero-order chi connectivity index (χ0) is 14.4. The summed E-state index contributed by atoms with van der Waals surface area (Å²) in [6, 6.07) is 8.54. The van der Waals surface area contributed by atoms with Crippen molar-refractivity contribution in [1.29, 1.82) is 0 Å². The van der Waals surface area contributed by atoms with Gasteiger partial charge in [-0.1, -0.05) is 90.3 Å². The lowest BCUT2D eigenvalue weighted by molar-refractivity contribution is 1.14. The third-order valence-electron chi connectivity index (χ3n) is 2.21. The van der Waals surface area contributed by atoms with Crippen molar-refractivity contribution in [3.63, 3.8) is 0 Å². The first-order valence-corrected chi connectivity index (χ1v) is 6.86. The summed E-state index contributed by atoms with van der Waals surface area (Å²) in [5.41, 5.74) is 3.66. The van der Waals surface area contributed by atoms with Crippen LogP contribution in [0.15, 0.2) is 55.7 Å². The predicted molar refractivity (Wildman–Crippen MR) is 86.9 cm³/mol. The molecule has 0 saturated carbocycles. The monoisotopic (exact) mass is 244 g/mol. The van der Waals surface area contributed by atoms with E-state index in [9.17, 15) is 0 Å². The highest BCUT2D eigenvalue weighted by Crippen LogP contribution is 2.16. The van der Waals surface area contributed by atoms with Crippen LogP contribution >= 0.6 is 0 Å². The molecule has 0 unspecified atom stereocenters. The summed E-state index contributed by atoms with van der Waals surface area (Å²) in [5.74, 6) is 0. The quantitative estimate of drug-likeness (QED) is 0.565. The van der Waals surface area contributed by atoms with E-state index in [0.717, 1.165) is 12.0 Å². The summed E-state index contributed by atoms with van der Waals surface area (Å²) in [7, 11) is 0. The molecule has 0 amide bonds. The first kappa shape index (κ1) is 18.8. The summed E-state index contributed by atoms with van der Waals surface area (Å²) in [5, 5.41) is 0. The molecule has 100 valence electrons. The van der Waals surface area contributed by atoms with E-state index in [2.05, 4.69) is 44.3 Å². The molecule has 0 aliphatic carbocycles. The van der Waals surface area contributed by atoms with E-state index in [4.69, 9.17) is 0 Å². The zero-order valence-corrected chi connectivity index (χ0v) is 12.7. The number of allylic oxidation sites excluding steroid dienone is 4. The molecule has 0 N–H and O–H groups in total. The van der Waals surface area contributed by atoms with Crippen molar-refractivity contribution in [2.45, 2.75) is 41.0 Å².